The predicted molar refractivity (Wildman–Crippen MR) is 98.2 cm³/mol. The Labute approximate surface area is 150 Å². The minimum Gasteiger partial charge on any atom is -0.350 e. The first-order valence-corrected chi connectivity index (χ1v) is 8.17. The van der Waals surface area contributed by atoms with Gasteiger partial charge in [0.05, 0.1) is 4.92 Å². The number of nitro groups is 1. The summed E-state index contributed by atoms with van der Waals surface area (Å²) in [6.07, 6.45) is 0.849. The second kappa shape index (κ2) is 7.22. The van der Waals surface area contributed by atoms with Gasteiger partial charge < -0.3 is 10.6 Å². The van der Waals surface area contributed by atoms with Crippen LogP contribution in [0, 0.1) is 10.1 Å². The molecule has 3 rings (SSSR count). The van der Waals surface area contributed by atoms with E-state index in [1.165, 1.54) is 19.1 Å². The Morgan fingerprint density at radius 2 is 2.08 bits per heavy atom. The SMILES string of the molecule is CC(=O)c1ccc(Nc2cccc(N3CCCNC3=O)c2)c([N+](=O)[O-])c1. The number of benzene rings is 2. The van der Waals surface area contributed by atoms with Crippen LogP contribution < -0.4 is 15.5 Å². The topological polar surface area (TPSA) is 105 Å². The van der Waals surface area contributed by atoms with E-state index >= 15 is 0 Å². The Hall–Kier alpha value is -3.42. The Balaban J connectivity index is 1.89. The van der Waals surface area contributed by atoms with Crippen molar-refractivity contribution in [2.75, 3.05) is 23.3 Å². The molecular weight excluding hydrogens is 336 g/mol. The number of hydrogen-bond acceptors (Lipinski definition) is 5. The lowest BCUT2D eigenvalue weighted by molar-refractivity contribution is -0.383. The van der Waals surface area contributed by atoms with Crippen molar-refractivity contribution in [1.82, 2.24) is 5.32 Å². The van der Waals surface area contributed by atoms with Gasteiger partial charge in [-0.05, 0) is 43.7 Å². The number of anilines is 3. The van der Waals surface area contributed by atoms with Crippen molar-refractivity contribution < 1.29 is 14.5 Å². The quantitative estimate of drug-likeness (QED) is 0.486. The van der Waals surface area contributed by atoms with Gasteiger partial charge in [-0.15, -0.1) is 0 Å². The monoisotopic (exact) mass is 354 g/mol. The first-order chi connectivity index (χ1) is 12.5. The molecule has 0 aliphatic carbocycles. The van der Waals surface area contributed by atoms with E-state index < -0.39 is 4.92 Å². The molecule has 8 nitrogen and oxygen atoms in total. The Morgan fingerprint density at radius 1 is 1.27 bits per heavy atom. The molecule has 2 aromatic rings. The molecule has 1 heterocycles. The average molecular weight is 354 g/mol. The molecule has 0 unspecified atom stereocenters. The van der Waals surface area contributed by atoms with Gasteiger partial charge in [0.15, 0.2) is 5.78 Å². The molecule has 26 heavy (non-hydrogen) atoms. The number of hydrogen-bond donors (Lipinski definition) is 2. The lowest BCUT2D eigenvalue weighted by Crippen LogP contribution is -2.46. The van der Waals surface area contributed by atoms with Crippen molar-refractivity contribution >= 4 is 34.6 Å². The van der Waals surface area contributed by atoms with Crippen molar-refractivity contribution in [1.29, 1.82) is 0 Å². The van der Waals surface area contributed by atoms with Gasteiger partial charge in [-0.2, -0.15) is 0 Å². The summed E-state index contributed by atoms with van der Waals surface area (Å²) >= 11 is 0. The number of nitrogens with zero attached hydrogens (tertiary/aromatic N) is 2. The Kier molecular flexibility index (Phi) is 4.83. The summed E-state index contributed by atoms with van der Waals surface area (Å²) in [5.74, 6) is -0.238. The fourth-order valence-electron chi connectivity index (χ4n) is 2.79. The summed E-state index contributed by atoms with van der Waals surface area (Å²) in [6, 6.07) is 11.2. The molecule has 0 atom stereocenters. The van der Waals surface area contributed by atoms with Crippen molar-refractivity contribution in [3.05, 3.63) is 58.1 Å². The molecule has 0 bridgehead atoms. The van der Waals surface area contributed by atoms with Crippen molar-refractivity contribution in [3.8, 4) is 0 Å². The minimum absolute atomic E-state index is 0.162. The van der Waals surface area contributed by atoms with E-state index in [0.29, 0.717) is 24.5 Å². The predicted octanol–water partition coefficient (Wildman–Crippen LogP) is 3.46. The van der Waals surface area contributed by atoms with E-state index in [2.05, 4.69) is 10.6 Å². The van der Waals surface area contributed by atoms with Gasteiger partial charge in [-0.3, -0.25) is 19.8 Å². The van der Waals surface area contributed by atoms with Crippen LogP contribution in [0.5, 0.6) is 0 Å². The lowest BCUT2D eigenvalue weighted by atomic mass is 10.1. The summed E-state index contributed by atoms with van der Waals surface area (Å²) in [5, 5.41) is 17.1. The Bertz CT molecular complexity index is 881. The highest BCUT2D eigenvalue weighted by Crippen LogP contribution is 2.30. The summed E-state index contributed by atoms with van der Waals surface area (Å²) in [4.78, 5) is 35.9. The molecule has 1 aliphatic rings. The number of carbonyl (C=O) groups is 2. The van der Waals surface area contributed by atoms with Gasteiger partial charge in [0.2, 0.25) is 0 Å². The summed E-state index contributed by atoms with van der Waals surface area (Å²) in [5.41, 5.74) is 1.69. The van der Waals surface area contributed by atoms with Gasteiger partial charge in [0, 0.05) is 36.1 Å². The highest BCUT2D eigenvalue weighted by Gasteiger charge is 2.20. The maximum Gasteiger partial charge on any atom is 0.321 e. The molecule has 134 valence electrons. The fourth-order valence-corrected chi connectivity index (χ4v) is 2.79. The zero-order valence-corrected chi connectivity index (χ0v) is 14.2. The van der Waals surface area contributed by atoms with Gasteiger partial charge in [-0.25, -0.2) is 4.79 Å². The van der Waals surface area contributed by atoms with E-state index in [1.54, 1.807) is 29.2 Å². The first kappa shape index (κ1) is 17.4. The molecule has 2 amide bonds. The van der Waals surface area contributed by atoms with E-state index in [9.17, 15) is 19.7 Å². The molecular formula is C18H18N4O4. The fraction of sp³-hybridized carbons (Fsp3) is 0.222. The van der Waals surface area contributed by atoms with Crippen LogP contribution in [0.4, 0.5) is 27.5 Å². The van der Waals surface area contributed by atoms with Crippen LogP contribution in [0.25, 0.3) is 0 Å². The minimum atomic E-state index is -0.531. The van der Waals surface area contributed by atoms with Gasteiger partial charge in [0.25, 0.3) is 5.69 Å². The summed E-state index contributed by atoms with van der Waals surface area (Å²) < 4.78 is 0. The lowest BCUT2D eigenvalue weighted by Gasteiger charge is -2.27. The molecule has 0 saturated carbocycles. The zero-order valence-electron chi connectivity index (χ0n) is 14.2. The third-order valence-electron chi connectivity index (χ3n) is 4.12. The largest absolute Gasteiger partial charge is 0.350 e. The molecule has 1 saturated heterocycles. The van der Waals surface area contributed by atoms with E-state index in [-0.39, 0.29) is 28.8 Å². The normalized spacial score (nSPS) is 13.9. The van der Waals surface area contributed by atoms with Crippen LogP contribution in [0.2, 0.25) is 0 Å². The number of nitrogens with one attached hydrogen (secondary N) is 2. The first-order valence-electron chi connectivity index (χ1n) is 8.17. The van der Waals surface area contributed by atoms with Gasteiger partial charge in [-0.1, -0.05) is 6.07 Å². The molecule has 0 spiro atoms. The number of amides is 2. The summed E-state index contributed by atoms with van der Waals surface area (Å²) in [6.45, 7) is 2.63. The number of urea groups is 1. The van der Waals surface area contributed by atoms with Crippen LogP contribution in [0.1, 0.15) is 23.7 Å². The van der Waals surface area contributed by atoms with Crippen LogP contribution in [0.3, 0.4) is 0 Å². The molecule has 1 aliphatic heterocycles. The summed E-state index contributed by atoms with van der Waals surface area (Å²) in [7, 11) is 0. The van der Waals surface area contributed by atoms with Crippen LogP contribution >= 0.6 is 0 Å². The van der Waals surface area contributed by atoms with E-state index in [0.717, 1.165) is 6.42 Å². The zero-order chi connectivity index (χ0) is 18.7. The highest BCUT2D eigenvalue weighted by molar-refractivity contribution is 5.96. The third-order valence-corrected chi connectivity index (χ3v) is 4.12. The maximum atomic E-state index is 12.0. The number of rotatable bonds is 5. The van der Waals surface area contributed by atoms with Crippen LogP contribution in [-0.2, 0) is 0 Å². The number of ketones is 1. The van der Waals surface area contributed by atoms with Gasteiger partial charge >= 0.3 is 6.03 Å². The van der Waals surface area contributed by atoms with Gasteiger partial charge in [0.1, 0.15) is 5.69 Å². The third kappa shape index (κ3) is 3.64. The van der Waals surface area contributed by atoms with Crippen LogP contribution in [-0.4, -0.2) is 29.8 Å². The second-order valence-corrected chi connectivity index (χ2v) is 5.96. The molecule has 2 N–H and O–H groups in total. The molecule has 8 heteroatoms. The van der Waals surface area contributed by atoms with E-state index in [1.807, 2.05) is 6.07 Å². The van der Waals surface area contributed by atoms with Crippen molar-refractivity contribution in [2.24, 2.45) is 0 Å². The standard InChI is InChI=1S/C18H18N4O4/c1-12(23)13-6-7-16(17(10-13)22(25)26)20-14-4-2-5-15(11-14)21-9-3-8-19-18(21)24/h2,4-7,10-11,20H,3,8-9H2,1H3,(H,19,24). The molecule has 2 aromatic carbocycles. The molecule has 0 radical (unpaired) electrons. The van der Waals surface area contributed by atoms with Crippen molar-refractivity contribution in [2.45, 2.75) is 13.3 Å². The number of nitro benzene ring substituents is 1. The second-order valence-electron chi connectivity index (χ2n) is 5.96. The maximum absolute atomic E-state index is 12.0. The average Bonchev–Trinajstić information content (AvgIpc) is 2.62. The number of Topliss-reactive ketones (excluding diaryl/α,β-unsaturated/α-hetero) is 1. The smallest absolute Gasteiger partial charge is 0.321 e. The molecule has 0 aromatic heterocycles. The van der Waals surface area contributed by atoms with Crippen LogP contribution in [0.15, 0.2) is 42.5 Å². The highest BCUT2D eigenvalue weighted by atomic mass is 16.6. The van der Waals surface area contributed by atoms with E-state index in [4.69, 9.17) is 0 Å². The number of carbonyl (C=O) groups excluding carboxylic acids is 2. The Morgan fingerprint density at radius 3 is 2.77 bits per heavy atom. The molecule has 1 fully saturated rings. The van der Waals surface area contributed by atoms with Crippen molar-refractivity contribution in [3.63, 3.8) is 0 Å².